The Labute approximate surface area is 112 Å². The van der Waals surface area contributed by atoms with Crippen LogP contribution in [0.3, 0.4) is 0 Å². The van der Waals surface area contributed by atoms with Gasteiger partial charge >= 0.3 is 5.97 Å². The van der Waals surface area contributed by atoms with Crippen LogP contribution in [0.15, 0.2) is 29.2 Å². The summed E-state index contributed by atoms with van der Waals surface area (Å²) >= 11 is 0. The fourth-order valence-electron chi connectivity index (χ4n) is 1.51. The molecule has 0 saturated carbocycles. The zero-order chi connectivity index (χ0) is 14.5. The van der Waals surface area contributed by atoms with Crippen LogP contribution in [-0.2, 0) is 19.6 Å². The van der Waals surface area contributed by atoms with Crippen LogP contribution in [0.25, 0.3) is 0 Å². The van der Waals surface area contributed by atoms with Crippen LogP contribution < -0.4 is 0 Å². The third-order valence-corrected chi connectivity index (χ3v) is 4.54. The van der Waals surface area contributed by atoms with E-state index >= 15 is 0 Å². The van der Waals surface area contributed by atoms with E-state index in [9.17, 15) is 18.3 Å². The van der Waals surface area contributed by atoms with Gasteiger partial charge in [0.2, 0.25) is 10.0 Å². The normalized spacial score (nSPS) is 11.5. The first kappa shape index (κ1) is 15.5. The predicted molar refractivity (Wildman–Crippen MR) is 69.2 cm³/mol. The highest BCUT2D eigenvalue weighted by molar-refractivity contribution is 7.89. The second-order valence-electron chi connectivity index (χ2n) is 3.97. The van der Waals surface area contributed by atoms with Gasteiger partial charge in [0.05, 0.1) is 7.11 Å². The molecule has 19 heavy (non-hydrogen) atoms. The van der Waals surface area contributed by atoms with Crippen molar-refractivity contribution in [2.45, 2.75) is 17.7 Å². The summed E-state index contributed by atoms with van der Waals surface area (Å²) < 4.78 is 29.9. The Balaban J connectivity index is 2.73. The summed E-state index contributed by atoms with van der Waals surface area (Å²) in [6.45, 7) is 0.172. The highest BCUT2D eigenvalue weighted by atomic mass is 32.2. The summed E-state index contributed by atoms with van der Waals surface area (Å²) in [6, 6.07) is 5.73. The number of carbonyl (C=O) groups excluding carboxylic acids is 1. The number of rotatable bonds is 6. The standard InChI is InChI=1S/C12H17NO5S/c1-13(9-5-8-12(15)18-2)19(16,17)11-7-4-3-6-10(11)14/h3-4,6-7,14H,5,8-9H2,1-2H3. The summed E-state index contributed by atoms with van der Waals surface area (Å²) in [5.74, 6) is -0.671. The number of methoxy groups -OCH3 is 1. The van der Waals surface area contributed by atoms with Gasteiger partial charge in [-0.05, 0) is 18.6 Å². The number of nitrogens with zero attached hydrogens (tertiary/aromatic N) is 1. The van der Waals surface area contributed by atoms with E-state index in [0.717, 1.165) is 4.31 Å². The van der Waals surface area contributed by atoms with Crippen molar-refractivity contribution in [1.82, 2.24) is 4.31 Å². The number of esters is 1. The van der Waals surface area contributed by atoms with E-state index in [1.54, 1.807) is 6.07 Å². The van der Waals surface area contributed by atoms with Crippen molar-refractivity contribution in [2.24, 2.45) is 0 Å². The van der Waals surface area contributed by atoms with Crippen molar-refractivity contribution in [3.8, 4) is 5.75 Å². The van der Waals surface area contributed by atoms with Gasteiger partial charge in [-0.25, -0.2) is 12.7 Å². The van der Waals surface area contributed by atoms with Crippen molar-refractivity contribution in [1.29, 1.82) is 0 Å². The molecule has 0 radical (unpaired) electrons. The van der Waals surface area contributed by atoms with Gasteiger partial charge in [-0.3, -0.25) is 4.79 Å². The molecule has 0 atom stereocenters. The molecule has 7 heteroatoms. The molecule has 1 aromatic carbocycles. The van der Waals surface area contributed by atoms with Crippen molar-refractivity contribution in [3.63, 3.8) is 0 Å². The minimum Gasteiger partial charge on any atom is -0.507 e. The zero-order valence-electron chi connectivity index (χ0n) is 10.9. The van der Waals surface area contributed by atoms with E-state index in [1.165, 1.54) is 32.4 Å². The van der Waals surface area contributed by atoms with E-state index < -0.39 is 10.0 Å². The molecule has 0 fully saturated rings. The average molecular weight is 287 g/mol. The molecule has 0 aliphatic heterocycles. The third-order valence-electron chi connectivity index (χ3n) is 2.64. The molecule has 1 rings (SSSR count). The van der Waals surface area contributed by atoms with E-state index in [2.05, 4.69) is 4.74 Å². The topological polar surface area (TPSA) is 83.9 Å². The first-order chi connectivity index (χ1) is 8.89. The van der Waals surface area contributed by atoms with Gasteiger partial charge in [0.1, 0.15) is 10.6 Å². The molecule has 0 unspecified atom stereocenters. The van der Waals surface area contributed by atoms with Crippen LogP contribution in [0.5, 0.6) is 5.75 Å². The lowest BCUT2D eigenvalue weighted by atomic mass is 10.3. The molecule has 106 valence electrons. The summed E-state index contributed by atoms with van der Waals surface area (Å²) in [4.78, 5) is 10.8. The van der Waals surface area contributed by atoms with Gasteiger partial charge in [-0.2, -0.15) is 0 Å². The van der Waals surface area contributed by atoms with Crippen LogP contribution in [0.2, 0.25) is 0 Å². The minimum atomic E-state index is -3.74. The summed E-state index contributed by atoms with van der Waals surface area (Å²) in [6.07, 6.45) is 0.507. The van der Waals surface area contributed by atoms with Gasteiger partial charge in [-0.15, -0.1) is 0 Å². The highest BCUT2D eigenvalue weighted by Crippen LogP contribution is 2.24. The largest absolute Gasteiger partial charge is 0.507 e. The number of para-hydroxylation sites is 1. The van der Waals surface area contributed by atoms with Gasteiger partial charge in [-0.1, -0.05) is 12.1 Å². The van der Waals surface area contributed by atoms with Crippen molar-refractivity contribution in [3.05, 3.63) is 24.3 Å². The molecule has 0 heterocycles. The number of hydrogen-bond donors (Lipinski definition) is 1. The van der Waals surface area contributed by atoms with E-state index in [1.807, 2.05) is 0 Å². The second-order valence-corrected chi connectivity index (χ2v) is 5.99. The molecule has 0 amide bonds. The first-order valence-corrected chi connectivity index (χ1v) is 7.14. The number of aromatic hydroxyl groups is 1. The predicted octanol–water partition coefficient (Wildman–Crippen LogP) is 0.966. The molecule has 0 aliphatic carbocycles. The SMILES string of the molecule is COC(=O)CCCN(C)S(=O)(=O)c1ccccc1O. The fourth-order valence-corrected chi connectivity index (χ4v) is 2.80. The van der Waals surface area contributed by atoms with Crippen LogP contribution in [-0.4, -0.2) is 44.5 Å². The van der Waals surface area contributed by atoms with Crippen LogP contribution in [0, 0.1) is 0 Å². The van der Waals surface area contributed by atoms with Gasteiger partial charge in [0.15, 0.2) is 0 Å². The molecule has 1 N–H and O–H groups in total. The van der Waals surface area contributed by atoms with Crippen molar-refractivity contribution >= 4 is 16.0 Å². The van der Waals surface area contributed by atoms with Crippen LogP contribution in [0.1, 0.15) is 12.8 Å². The lowest BCUT2D eigenvalue weighted by molar-refractivity contribution is -0.140. The Kier molecular flexibility index (Phi) is 5.31. The number of sulfonamides is 1. The van der Waals surface area contributed by atoms with Crippen LogP contribution >= 0.6 is 0 Å². The van der Waals surface area contributed by atoms with E-state index in [-0.39, 0.29) is 29.6 Å². The average Bonchev–Trinajstić information content (AvgIpc) is 2.38. The highest BCUT2D eigenvalue weighted by Gasteiger charge is 2.23. The van der Waals surface area contributed by atoms with E-state index in [0.29, 0.717) is 6.42 Å². The number of carbonyl (C=O) groups is 1. The number of phenolic OH excluding ortho intramolecular Hbond substituents is 1. The van der Waals surface area contributed by atoms with Gasteiger partial charge in [0.25, 0.3) is 0 Å². The van der Waals surface area contributed by atoms with Crippen molar-refractivity contribution in [2.75, 3.05) is 20.7 Å². The molecule has 0 bridgehead atoms. The third kappa shape index (κ3) is 3.93. The Morgan fingerprint density at radius 1 is 1.37 bits per heavy atom. The Morgan fingerprint density at radius 2 is 2.00 bits per heavy atom. The maximum absolute atomic E-state index is 12.1. The maximum atomic E-state index is 12.1. The molecule has 0 saturated heterocycles. The molecule has 0 spiro atoms. The number of hydrogen-bond acceptors (Lipinski definition) is 5. The molecular weight excluding hydrogens is 270 g/mol. The number of ether oxygens (including phenoxy) is 1. The summed E-state index contributed by atoms with van der Waals surface area (Å²) in [5, 5.41) is 9.57. The van der Waals surface area contributed by atoms with Gasteiger partial charge in [0, 0.05) is 20.0 Å². The smallest absolute Gasteiger partial charge is 0.305 e. The molecule has 1 aromatic rings. The Bertz CT molecular complexity index is 541. The molecule has 0 aromatic heterocycles. The Morgan fingerprint density at radius 3 is 2.58 bits per heavy atom. The molecular formula is C12H17NO5S. The van der Waals surface area contributed by atoms with Crippen LogP contribution in [0.4, 0.5) is 0 Å². The lowest BCUT2D eigenvalue weighted by Crippen LogP contribution is -2.28. The number of phenols is 1. The van der Waals surface area contributed by atoms with E-state index in [4.69, 9.17) is 0 Å². The Hall–Kier alpha value is -1.60. The summed E-state index contributed by atoms with van der Waals surface area (Å²) in [5.41, 5.74) is 0. The monoisotopic (exact) mass is 287 g/mol. The zero-order valence-corrected chi connectivity index (χ0v) is 11.7. The quantitative estimate of drug-likeness (QED) is 0.788. The summed E-state index contributed by atoms with van der Waals surface area (Å²) in [7, 11) is -1.06. The number of benzene rings is 1. The minimum absolute atomic E-state index is 0.143. The first-order valence-electron chi connectivity index (χ1n) is 5.70. The van der Waals surface area contributed by atoms with Gasteiger partial charge < -0.3 is 9.84 Å². The second kappa shape index (κ2) is 6.53. The maximum Gasteiger partial charge on any atom is 0.305 e. The lowest BCUT2D eigenvalue weighted by Gasteiger charge is -2.17. The fraction of sp³-hybridized carbons (Fsp3) is 0.417. The molecule has 0 aliphatic rings. The molecule has 6 nitrogen and oxygen atoms in total. The van der Waals surface area contributed by atoms with Crippen molar-refractivity contribution < 1.29 is 23.1 Å².